The van der Waals surface area contributed by atoms with Gasteiger partial charge in [-0.15, -0.1) is 0 Å². The number of hydrogen-bond donors (Lipinski definition) is 2. The normalized spacial score (nSPS) is 32.1. The lowest BCUT2D eigenvalue weighted by Crippen LogP contribution is -2.47. The van der Waals surface area contributed by atoms with Crippen LogP contribution in [0, 0.1) is 0 Å². The first-order chi connectivity index (χ1) is 8.76. The van der Waals surface area contributed by atoms with Crippen LogP contribution in [0.5, 0.6) is 0 Å². The van der Waals surface area contributed by atoms with Crippen LogP contribution >= 0.6 is 11.3 Å². The van der Waals surface area contributed by atoms with Crippen molar-refractivity contribution in [1.82, 2.24) is 10.3 Å². The molecule has 0 amide bonds. The average molecular weight is 270 g/mol. The van der Waals surface area contributed by atoms with Crippen molar-refractivity contribution >= 4 is 11.3 Å². The van der Waals surface area contributed by atoms with Crippen molar-refractivity contribution in [3.8, 4) is 0 Å². The third kappa shape index (κ3) is 2.66. The number of hydrogen-bond acceptors (Lipinski definition) is 5. The number of nitrogens with one attached hydrogen (secondary N) is 2. The average Bonchev–Trinajstić information content (AvgIpc) is 2.97. The van der Waals surface area contributed by atoms with Crippen molar-refractivity contribution in [2.75, 3.05) is 19.8 Å². The molecule has 100 valence electrons. The molecular weight excluding hydrogens is 252 g/mol. The fourth-order valence-corrected chi connectivity index (χ4v) is 3.30. The highest BCUT2D eigenvalue weighted by Crippen LogP contribution is 2.32. The lowest BCUT2D eigenvalue weighted by Gasteiger charge is -2.37. The molecule has 2 saturated heterocycles. The molecule has 2 aliphatic heterocycles. The Balaban J connectivity index is 1.55. The highest BCUT2D eigenvalue weighted by atomic mass is 32.1. The first kappa shape index (κ1) is 12.3. The summed E-state index contributed by atoms with van der Waals surface area (Å²) in [6.07, 6.45) is 3.03. The number of thiazole rings is 1. The van der Waals surface area contributed by atoms with E-state index in [0.717, 1.165) is 51.3 Å². The molecule has 1 aromatic heterocycles. The van der Waals surface area contributed by atoms with Gasteiger partial charge in [-0.3, -0.25) is 4.79 Å². The van der Waals surface area contributed by atoms with Gasteiger partial charge in [0, 0.05) is 43.3 Å². The van der Waals surface area contributed by atoms with Gasteiger partial charge < -0.3 is 19.8 Å². The Morgan fingerprint density at radius 3 is 3.22 bits per heavy atom. The van der Waals surface area contributed by atoms with Crippen LogP contribution in [0.4, 0.5) is 0 Å². The van der Waals surface area contributed by atoms with Gasteiger partial charge in [-0.05, 0) is 12.8 Å². The summed E-state index contributed by atoms with van der Waals surface area (Å²) < 4.78 is 11.3. The lowest BCUT2D eigenvalue weighted by atomic mass is 9.90. The maximum Gasteiger partial charge on any atom is 0.304 e. The minimum absolute atomic E-state index is 0.0134. The molecule has 0 radical (unpaired) electrons. The molecule has 0 aliphatic carbocycles. The Morgan fingerprint density at radius 1 is 1.56 bits per heavy atom. The SMILES string of the molecule is O=c1[nH]c(CNC2CCOC3(CCOC3)C2)cs1. The van der Waals surface area contributed by atoms with Crippen LogP contribution in [0.2, 0.25) is 0 Å². The first-order valence-electron chi connectivity index (χ1n) is 6.38. The smallest absolute Gasteiger partial charge is 0.304 e. The lowest BCUT2D eigenvalue weighted by molar-refractivity contribution is -0.0895. The van der Waals surface area contributed by atoms with Gasteiger partial charge in [-0.25, -0.2) is 0 Å². The molecule has 0 bridgehead atoms. The van der Waals surface area contributed by atoms with E-state index in [-0.39, 0.29) is 10.5 Å². The van der Waals surface area contributed by atoms with Gasteiger partial charge in [0.2, 0.25) is 0 Å². The van der Waals surface area contributed by atoms with Gasteiger partial charge in [-0.1, -0.05) is 11.3 Å². The molecule has 2 aliphatic rings. The Kier molecular flexibility index (Phi) is 3.52. The molecule has 6 heteroatoms. The zero-order valence-corrected chi connectivity index (χ0v) is 11.1. The van der Waals surface area contributed by atoms with Crippen molar-refractivity contribution in [3.05, 3.63) is 20.7 Å². The third-order valence-electron chi connectivity index (χ3n) is 3.71. The first-order valence-corrected chi connectivity index (χ1v) is 7.26. The monoisotopic (exact) mass is 270 g/mol. The molecule has 1 aromatic rings. The zero-order valence-electron chi connectivity index (χ0n) is 10.2. The van der Waals surface area contributed by atoms with Crippen molar-refractivity contribution in [3.63, 3.8) is 0 Å². The Morgan fingerprint density at radius 2 is 2.50 bits per heavy atom. The van der Waals surface area contributed by atoms with Crippen molar-refractivity contribution in [2.45, 2.75) is 37.5 Å². The quantitative estimate of drug-likeness (QED) is 0.855. The summed E-state index contributed by atoms with van der Waals surface area (Å²) in [5.41, 5.74) is 0.908. The number of rotatable bonds is 3. The molecule has 18 heavy (non-hydrogen) atoms. The number of H-pyrrole nitrogens is 1. The highest BCUT2D eigenvalue weighted by molar-refractivity contribution is 7.07. The molecule has 2 atom stereocenters. The van der Waals surface area contributed by atoms with Crippen LogP contribution in [-0.2, 0) is 16.0 Å². The minimum Gasteiger partial charge on any atom is -0.378 e. The summed E-state index contributed by atoms with van der Waals surface area (Å²) in [6, 6.07) is 0.448. The molecular formula is C12H18N2O3S. The number of ether oxygens (including phenoxy) is 2. The van der Waals surface area contributed by atoms with Crippen LogP contribution in [0.25, 0.3) is 0 Å². The van der Waals surface area contributed by atoms with E-state index in [1.165, 1.54) is 11.3 Å². The molecule has 3 rings (SSSR count). The second kappa shape index (κ2) is 5.13. The summed E-state index contributed by atoms with van der Waals surface area (Å²) in [5.74, 6) is 0. The van der Waals surface area contributed by atoms with E-state index >= 15 is 0 Å². The van der Waals surface area contributed by atoms with E-state index in [1.807, 2.05) is 5.38 Å². The molecule has 3 heterocycles. The second-order valence-electron chi connectivity index (χ2n) is 5.08. The van der Waals surface area contributed by atoms with E-state index < -0.39 is 0 Å². The predicted octanol–water partition coefficient (Wildman–Crippen LogP) is 0.864. The Bertz CT molecular complexity index is 450. The summed E-state index contributed by atoms with van der Waals surface area (Å²) in [7, 11) is 0. The summed E-state index contributed by atoms with van der Waals surface area (Å²) >= 11 is 1.21. The molecule has 0 saturated carbocycles. The van der Waals surface area contributed by atoms with Crippen LogP contribution < -0.4 is 10.2 Å². The van der Waals surface area contributed by atoms with E-state index in [4.69, 9.17) is 9.47 Å². The number of aromatic nitrogens is 1. The van der Waals surface area contributed by atoms with E-state index in [1.54, 1.807) is 0 Å². The van der Waals surface area contributed by atoms with E-state index in [0.29, 0.717) is 6.04 Å². The maximum atomic E-state index is 11.0. The highest BCUT2D eigenvalue weighted by Gasteiger charge is 2.40. The standard InChI is InChI=1S/C12H18N2O3S/c15-11-14-10(7-18-11)6-13-9-1-3-17-12(5-9)2-4-16-8-12/h7,9,13H,1-6,8H2,(H,14,15). The van der Waals surface area contributed by atoms with Crippen LogP contribution in [-0.4, -0.2) is 36.4 Å². The topological polar surface area (TPSA) is 63.4 Å². The van der Waals surface area contributed by atoms with Crippen molar-refractivity contribution in [2.24, 2.45) is 0 Å². The molecule has 0 aromatic carbocycles. The third-order valence-corrected chi connectivity index (χ3v) is 4.43. The van der Waals surface area contributed by atoms with Gasteiger partial charge >= 0.3 is 4.87 Å². The van der Waals surface area contributed by atoms with Crippen LogP contribution in [0.1, 0.15) is 25.0 Å². The maximum absolute atomic E-state index is 11.0. The predicted molar refractivity (Wildman–Crippen MR) is 68.9 cm³/mol. The molecule has 2 unspecified atom stereocenters. The second-order valence-corrected chi connectivity index (χ2v) is 5.92. The summed E-state index contributed by atoms with van der Waals surface area (Å²) in [4.78, 5) is 13.9. The van der Waals surface area contributed by atoms with Crippen LogP contribution in [0.3, 0.4) is 0 Å². The van der Waals surface area contributed by atoms with Crippen LogP contribution in [0.15, 0.2) is 10.2 Å². The van der Waals surface area contributed by atoms with Gasteiger partial charge in [-0.2, -0.15) is 0 Å². The van der Waals surface area contributed by atoms with Crippen molar-refractivity contribution in [1.29, 1.82) is 0 Å². The Labute approximate surface area is 110 Å². The fraction of sp³-hybridized carbons (Fsp3) is 0.750. The van der Waals surface area contributed by atoms with Gasteiger partial charge in [0.05, 0.1) is 12.2 Å². The van der Waals surface area contributed by atoms with Gasteiger partial charge in [0.1, 0.15) is 0 Å². The van der Waals surface area contributed by atoms with Crippen molar-refractivity contribution < 1.29 is 9.47 Å². The minimum atomic E-state index is -0.0576. The zero-order chi connectivity index (χ0) is 12.4. The molecule has 2 fully saturated rings. The van der Waals surface area contributed by atoms with E-state index in [2.05, 4.69) is 10.3 Å². The summed E-state index contributed by atoms with van der Waals surface area (Å²) in [5, 5.41) is 5.38. The molecule has 5 nitrogen and oxygen atoms in total. The Hall–Kier alpha value is -0.690. The van der Waals surface area contributed by atoms with Gasteiger partial charge in [0.25, 0.3) is 0 Å². The summed E-state index contributed by atoms with van der Waals surface area (Å²) in [6.45, 7) is 3.05. The largest absolute Gasteiger partial charge is 0.378 e. The fourth-order valence-electron chi connectivity index (χ4n) is 2.72. The molecule has 2 N–H and O–H groups in total. The van der Waals surface area contributed by atoms with Gasteiger partial charge in [0.15, 0.2) is 0 Å². The number of aromatic amines is 1. The molecule has 1 spiro atoms. The van der Waals surface area contributed by atoms with E-state index in [9.17, 15) is 4.79 Å².